The van der Waals surface area contributed by atoms with Gasteiger partial charge in [0.2, 0.25) is 0 Å². The lowest BCUT2D eigenvalue weighted by atomic mass is 10.1. The molecule has 1 aliphatic rings. The largest absolute Gasteiger partial charge is 0.368 e. The van der Waals surface area contributed by atoms with Crippen molar-refractivity contribution in [3.63, 3.8) is 0 Å². The highest BCUT2D eigenvalue weighted by Crippen LogP contribution is 2.33. The van der Waals surface area contributed by atoms with E-state index in [-0.39, 0.29) is 10.6 Å². The normalized spacial score (nSPS) is 16.0. The van der Waals surface area contributed by atoms with Crippen molar-refractivity contribution in [3.8, 4) is 0 Å². The molecular weight excluding hydrogens is 242 g/mol. The summed E-state index contributed by atoms with van der Waals surface area (Å²) < 4.78 is 0. The fourth-order valence-corrected chi connectivity index (χ4v) is 2.33. The van der Waals surface area contributed by atoms with Crippen LogP contribution in [0.1, 0.15) is 5.56 Å². The zero-order valence-corrected chi connectivity index (χ0v) is 10.3. The molecule has 0 bridgehead atoms. The second-order valence-corrected chi connectivity index (χ2v) is 4.49. The van der Waals surface area contributed by atoms with Crippen molar-refractivity contribution in [1.29, 1.82) is 0 Å². The van der Waals surface area contributed by atoms with Crippen LogP contribution in [0.25, 0.3) is 0 Å². The Balaban J connectivity index is 2.38. The molecule has 0 aromatic heterocycles. The van der Waals surface area contributed by atoms with Gasteiger partial charge in [-0.2, -0.15) is 0 Å². The SMILES string of the molecule is Cc1cc(Cl)c(N2CCNCC2)cc1[N+](=O)[O-]. The molecular formula is C11H14ClN3O2. The number of nitro benzene ring substituents is 1. The second-order valence-electron chi connectivity index (χ2n) is 4.08. The molecule has 5 nitrogen and oxygen atoms in total. The van der Waals surface area contributed by atoms with E-state index in [2.05, 4.69) is 10.2 Å². The van der Waals surface area contributed by atoms with Crippen molar-refractivity contribution >= 4 is 23.0 Å². The minimum Gasteiger partial charge on any atom is -0.368 e. The van der Waals surface area contributed by atoms with Crippen LogP contribution in [0.2, 0.25) is 5.02 Å². The van der Waals surface area contributed by atoms with Gasteiger partial charge in [0.15, 0.2) is 0 Å². The molecule has 0 amide bonds. The van der Waals surface area contributed by atoms with Gasteiger partial charge in [0, 0.05) is 37.8 Å². The molecule has 17 heavy (non-hydrogen) atoms. The topological polar surface area (TPSA) is 58.4 Å². The Morgan fingerprint density at radius 2 is 2.06 bits per heavy atom. The van der Waals surface area contributed by atoms with Gasteiger partial charge in [-0.25, -0.2) is 0 Å². The van der Waals surface area contributed by atoms with Crippen molar-refractivity contribution in [2.75, 3.05) is 31.1 Å². The number of nitrogens with one attached hydrogen (secondary N) is 1. The van der Waals surface area contributed by atoms with E-state index in [1.165, 1.54) is 0 Å². The Labute approximate surface area is 105 Å². The molecule has 1 N–H and O–H groups in total. The third kappa shape index (κ3) is 2.50. The van der Waals surface area contributed by atoms with E-state index in [0.29, 0.717) is 10.6 Å². The lowest BCUT2D eigenvalue weighted by Gasteiger charge is -2.30. The third-order valence-corrected chi connectivity index (χ3v) is 3.22. The van der Waals surface area contributed by atoms with E-state index in [4.69, 9.17) is 11.6 Å². The van der Waals surface area contributed by atoms with Crippen LogP contribution in [0.5, 0.6) is 0 Å². The first-order valence-corrected chi connectivity index (χ1v) is 5.87. The van der Waals surface area contributed by atoms with E-state index in [1.54, 1.807) is 19.1 Å². The van der Waals surface area contributed by atoms with Gasteiger partial charge in [-0.1, -0.05) is 11.6 Å². The molecule has 1 fully saturated rings. The maximum atomic E-state index is 10.9. The zero-order chi connectivity index (χ0) is 12.4. The number of hydrogen-bond acceptors (Lipinski definition) is 4. The van der Waals surface area contributed by atoms with Crippen molar-refractivity contribution < 1.29 is 4.92 Å². The summed E-state index contributed by atoms with van der Waals surface area (Å²) in [5.41, 5.74) is 1.48. The van der Waals surface area contributed by atoms with Crippen LogP contribution in [0, 0.1) is 17.0 Å². The number of rotatable bonds is 2. The van der Waals surface area contributed by atoms with Gasteiger partial charge in [-0.05, 0) is 13.0 Å². The zero-order valence-electron chi connectivity index (χ0n) is 9.57. The lowest BCUT2D eigenvalue weighted by Crippen LogP contribution is -2.43. The molecule has 0 saturated carbocycles. The summed E-state index contributed by atoms with van der Waals surface area (Å²) in [5, 5.41) is 14.7. The molecule has 1 aromatic rings. The highest BCUT2D eigenvalue weighted by molar-refractivity contribution is 6.33. The second kappa shape index (κ2) is 4.89. The Hall–Kier alpha value is -1.33. The van der Waals surface area contributed by atoms with Crippen LogP contribution in [0.3, 0.4) is 0 Å². The summed E-state index contributed by atoms with van der Waals surface area (Å²) in [4.78, 5) is 12.6. The predicted molar refractivity (Wildman–Crippen MR) is 67.9 cm³/mol. The first-order valence-electron chi connectivity index (χ1n) is 5.50. The van der Waals surface area contributed by atoms with Gasteiger partial charge < -0.3 is 10.2 Å². The third-order valence-electron chi connectivity index (χ3n) is 2.92. The smallest absolute Gasteiger partial charge is 0.274 e. The summed E-state index contributed by atoms with van der Waals surface area (Å²) in [6, 6.07) is 3.24. The van der Waals surface area contributed by atoms with E-state index in [0.717, 1.165) is 31.9 Å². The quantitative estimate of drug-likeness (QED) is 0.648. The molecule has 0 aliphatic carbocycles. The number of anilines is 1. The number of aryl methyl sites for hydroxylation is 1. The molecule has 1 saturated heterocycles. The fourth-order valence-electron chi connectivity index (χ4n) is 2.00. The first-order chi connectivity index (χ1) is 8.09. The number of piperazine rings is 1. The highest BCUT2D eigenvalue weighted by Gasteiger charge is 2.19. The fraction of sp³-hybridized carbons (Fsp3) is 0.455. The summed E-state index contributed by atoms with van der Waals surface area (Å²) in [5.74, 6) is 0. The van der Waals surface area contributed by atoms with Gasteiger partial charge in [-0.15, -0.1) is 0 Å². The Morgan fingerprint density at radius 3 is 2.65 bits per heavy atom. The van der Waals surface area contributed by atoms with Crippen LogP contribution in [0.4, 0.5) is 11.4 Å². The van der Waals surface area contributed by atoms with Gasteiger partial charge in [0.05, 0.1) is 15.6 Å². The van der Waals surface area contributed by atoms with Crippen LogP contribution >= 0.6 is 11.6 Å². The summed E-state index contributed by atoms with van der Waals surface area (Å²) in [6.07, 6.45) is 0. The van der Waals surface area contributed by atoms with E-state index in [1.807, 2.05) is 0 Å². The average molecular weight is 256 g/mol. The van der Waals surface area contributed by atoms with Crippen molar-refractivity contribution in [1.82, 2.24) is 5.32 Å². The molecule has 1 aromatic carbocycles. The molecule has 1 heterocycles. The van der Waals surface area contributed by atoms with Gasteiger partial charge in [-0.3, -0.25) is 10.1 Å². The van der Waals surface area contributed by atoms with Crippen molar-refractivity contribution in [3.05, 3.63) is 32.8 Å². The number of nitro groups is 1. The monoisotopic (exact) mass is 255 g/mol. The molecule has 0 radical (unpaired) electrons. The van der Waals surface area contributed by atoms with Gasteiger partial charge >= 0.3 is 0 Å². The van der Waals surface area contributed by atoms with Crippen LogP contribution < -0.4 is 10.2 Å². The molecule has 0 unspecified atom stereocenters. The number of hydrogen-bond donors (Lipinski definition) is 1. The average Bonchev–Trinajstić information content (AvgIpc) is 2.29. The molecule has 2 rings (SSSR count). The number of benzene rings is 1. The molecule has 1 aliphatic heterocycles. The maximum Gasteiger partial charge on any atom is 0.274 e. The lowest BCUT2D eigenvalue weighted by molar-refractivity contribution is -0.385. The number of nitrogens with zero attached hydrogens (tertiary/aromatic N) is 2. The summed E-state index contributed by atoms with van der Waals surface area (Å²) >= 11 is 6.15. The van der Waals surface area contributed by atoms with E-state index >= 15 is 0 Å². The molecule has 0 atom stereocenters. The maximum absolute atomic E-state index is 10.9. The molecule has 0 spiro atoms. The summed E-state index contributed by atoms with van der Waals surface area (Å²) in [6.45, 7) is 5.08. The predicted octanol–water partition coefficient (Wildman–Crippen LogP) is 1.97. The van der Waals surface area contributed by atoms with Gasteiger partial charge in [0.25, 0.3) is 5.69 Å². The molecule has 6 heteroatoms. The minimum absolute atomic E-state index is 0.128. The van der Waals surface area contributed by atoms with Crippen LogP contribution in [-0.4, -0.2) is 31.1 Å². The highest BCUT2D eigenvalue weighted by atomic mass is 35.5. The summed E-state index contributed by atoms with van der Waals surface area (Å²) in [7, 11) is 0. The van der Waals surface area contributed by atoms with Crippen LogP contribution in [-0.2, 0) is 0 Å². The van der Waals surface area contributed by atoms with Crippen LogP contribution in [0.15, 0.2) is 12.1 Å². The Kier molecular flexibility index (Phi) is 3.49. The van der Waals surface area contributed by atoms with Gasteiger partial charge in [0.1, 0.15) is 0 Å². The van der Waals surface area contributed by atoms with Crippen molar-refractivity contribution in [2.45, 2.75) is 6.92 Å². The van der Waals surface area contributed by atoms with Crippen molar-refractivity contribution in [2.24, 2.45) is 0 Å². The van der Waals surface area contributed by atoms with E-state index < -0.39 is 0 Å². The molecule has 92 valence electrons. The first kappa shape index (κ1) is 12.1. The minimum atomic E-state index is -0.364. The Bertz CT molecular complexity index is 445. The number of halogens is 1. The Morgan fingerprint density at radius 1 is 1.41 bits per heavy atom. The van der Waals surface area contributed by atoms with E-state index in [9.17, 15) is 10.1 Å². The standard InChI is InChI=1S/C11H14ClN3O2/c1-8-6-9(12)11(7-10(8)15(16)17)14-4-2-13-3-5-14/h6-7,13H,2-5H2,1H3.